The van der Waals surface area contributed by atoms with Crippen LogP contribution in [0.15, 0.2) is 21.9 Å². The summed E-state index contributed by atoms with van der Waals surface area (Å²) >= 11 is 0. The van der Waals surface area contributed by atoms with Crippen molar-refractivity contribution in [2.45, 2.75) is 20.3 Å². The molecule has 1 aromatic carbocycles. The van der Waals surface area contributed by atoms with Gasteiger partial charge in [-0.25, -0.2) is 9.98 Å². The zero-order valence-electron chi connectivity index (χ0n) is 16.0. The number of H-pyrrole nitrogens is 1. The van der Waals surface area contributed by atoms with E-state index < -0.39 is 5.97 Å². The molecule has 2 N–H and O–H groups in total. The van der Waals surface area contributed by atoms with Gasteiger partial charge in [-0.3, -0.25) is 9.59 Å². The third kappa shape index (κ3) is 3.20. The van der Waals surface area contributed by atoms with Crippen molar-refractivity contribution in [3.05, 3.63) is 44.5 Å². The summed E-state index contributed by atoms with van der Waals surface area (Å²) in [6.45, 7) is 10.4. The van der Waals surface area contributed by atoms with Gasteiger partial charge in [-0.05, 0) is 50.1 Å². The minimum Gasteiger partial charge on any atom is -0.481 e. The molecule has 1 aromatic heterocycles. The molecule has 0 bridgehead atoms. The number of aliphatic carboxylic acids is 1. The number of benzene rings is 1. The molecule has 3 heterocycles. The van der Waals surface area contributed by atoms with Crippen molar-refractivity contribution >= 4 is 29.7 Å². The number of likely N-dealkylation sites (tertiary alicyclic amines) is 1. The molecular weight excluding hydrogens is 358 g/mol. The van der Waals surface area contributed by atoms with Gasteiger partial charge in [0, 0.05) is 19.6 Å². The maximum absolute atomic E-state index is 12.4. The van der Waals surface area contributed by atoms with Crippen LogP contribution in [0.3, 0.4) is 0 Å². The Balaban J connectivity index is 1.72. The van der Waals surface area contributed by atoms with Crippen molar-refractivity contribution in [2.24, 2.45) is 10.9 Å². The monoisotopic (exact) mass is 381 g/mol. The highest BCUT2D eigenvalue weighted by Crippen LogP contribution is 2.36. The van der Waals surface area contributed by atoms with E-state index in [0.29, 0.717) is 37.4 Å². The summed E-state index contributed by atoms with van der Waals surface area (Å²) < 4.78 is 0. The van der Waals surface area contributed by atoms with Crippen molar-refractivity contribution in [1.29, 1.82) is 0 Å². The lowest BCUT2D eigenvalue weighted by molar-refractivity contribution is -0.141. The fourth-order valence-electron chi connectivity index (χ4n) is 3.82. The van der Waals surface area contributed by atoms with Crippen LogP contribution in [0.5, 0.6) is 0 Å². The SMILES string of the molecule is C=c1nc2c(c(=O)[nH]1)=Nc1cc(C)c(C)cc1N2CCN1CCC(C(=O)O)C1. The van der Waals surface area contributed by atoms with Gasteiger partial charge in [0.15, 0.2) is 11.2 Å². The van der Waals surface area contributed by atoms with Gasteiger partial charge in [0.05, 0.1) is 17.3 Å². The molecular formula is C20H23N5O3. The van der Waals surface area contributed by atoms with Crippen LogP contribution in [0.25, 0.3) is 6.58 Å². The first-order valence-electron chi connectivity index (χ1n) is 9.35. The van der Waals surface area contributed by atoms with Crippen LogP contribution in [-0.2, 0) is 4.79 Å². The van der Waals surface area contributed by atoms with E-state index >= 15 is 0 Å². The minimum atomic E-state index is -0.740. The molecule has 0 spiro atoms. The molecule has 0 amide bonds. The normalized spacial score (nSPS) is 18.5. The molecule has 0 aliphatic carbocycles. The second kappa shape index (κ2) is 6.87. The van der Waals surface area contributed by atoms with E-state index in [4.69, 9.17) is 0 Å². The van der Waals surface area contributed by atoms with Gasteiger partial charge in [0.25, 0.3) is 5.56 Å². The predicted octanol–water partition coefficient (Wildman–Crippen LogP) is 0.606. The minimum absolute atomic E-state index is 0.285. The standard InChI is InChI=1S/C20H23N5O3/c1-11-8-15-16(9-12(11)2)25(7-6-24-5-4-14(10-24)20(27)28)18-17(23-15)19(26)22-13(3)21-18/h8-9,14H,3-7,10H2,1-2H3,(H,22,26)(H,27,28). The number of fused-ring (bicyclic) bond motifs is 2. The van der Waals surface area contributed by atoms with E-state index in [-0.39, 0.29) is 16.8 Å². The summed E-state index contributed by atoms with van der Waals surface area (Å²) in [5.74, 6) is -0.553. The molecule has 1 saturated heterocycles. The highest BCUT2D eigenvalue weighted by Gasteiger charge is 2.29. The van der Waals surface area contributed by atoms with E-state index in [1.165, 1.54) is 0 Å². The Morgan fingerprint density at radius 2 is 2.07 bits per heavy atom. The zero-order valence-corrected chi connectivity index (χ0v) is 16.0. The average Bonchev–Trinajstić information content (AvgIpc) is 3.10. The summed E-state index contributed by atoms with van der Waals surface area (Å²) in [5, 5.41) is 9.51. The Labute approximate surface area is 161 Å². The number of rotatable bonds is 4. The smallest absolute Gasteiger partial charge is 0.307 e. The Morgan fingerprint density at radius 1 is 1.32 bits per heavy atom. The average molecular weight is 381 g/mol. The number of carbonyl (C=O) groups is 1. The van der Waals surface area contributed by atoms with Gasteiger partial charge in [-0.2, -0.15) is 0 Å². The predicted molar refractivity (Wildman–Crippen MR) is 106 cm³/mol. The number of nitrogens with one attached hydrogen (secondary N) is 1. The van der Waals surface area contributed by atoms with Crippen molar-refractivity contribution in [2.75, 3.05) is 31.1 Å². The Bertz CT molecular complexity index is 1120. The molecule has 146 valence electrons. The Hall–Kier alpha value is -3.00. The first-order chi connectivity index (χ1) is 13.3. The van der Waals surface area contributed by atoms with E-state index in [1.807, 2.05) is 24.8 Å². The van der Waals surface area contributed by atoms with E-state index in [1.54, 1.807) is 0 Å². The van der Waals surface area contributed by atoms with Crippen LogP contribution < -0.4 is 21.3 Å². The van der Waals surface area contributed by atoms with Gasteiger partial charge in [-0.1, -0.05) is 6.58 Å². The number of aromatic nitrogens is 2. The third-order valence-electron chi connectivity index (χ3n) is 5.56. The number of hydrogen-bond acceptors (Lipinski definition) is 6. The van der Waals surface area contributed by atoms with Gasteiger partial charge in [0.1, 0.15) is 5.48 Å². The maximum Gasteiger partial charge on any atom is 0.307 e. The largest absolute Gasteiger partial charge is 0.481 e. The van der Waals surface area contributed by atoms with E-state index in [2.05, 4.69) is 32.5 Å². The van der Waals surface area contributed by atoms with Gasteiger partial charge < -0.3 is 19.9 Å². The molecule has 2 aliphatic heterocycles. The first-order valence-corrected chi connectivity index (χ1v) is 9.35. The van der Waals surface area contributed by atoms with Crippen LogP contribution in [-0.4, -0.2) is 52.1 Å². The molecule has 0 radical (unpaired) electrons. The lowest BCUT2D eigenvalue weighted by atomic mass is 10.1. The third-order valence-corrected chi connectivity index (χ3v) is 5.56. The lowest BCUT2D eigenvalue weighted by Gasteiger charge is -2.30. The highest BCUT2D eigenvalue weighted by molar-refractivity contribution is 5.77. The van der Waals surface area contributed by atoms with Crippen LogP contribution in [0, 0.1) is 19.8 Å². The molecule has 1 atom stereocenters. The van der Waals surface area contributed by atoms with Gasteiger partial charge in [0.2, 0.25) is 0 Å². The van der Waals surface area contributed by atoms with Crippen LogP contribution >= 0.6 is 0 Å². The van der Waals surface area contributed by atoms with Gasteiger partial charge >= 0.3 is 5.97 Å². The topological polar surface area (TPSA) is 102 Å². The van der Waals surface area contributed by atoms with Crippen molar-refractivity contribution in [1.82, 2.24) is 14.9 Å². The van der Waals surface area contributed by atoms with Crippen molar-refractivity contribution in [3.63, 3.8) is 0 Å². The summed E-state index contributed by atoms with van der Waals surface area (Å²) in [7, 11) is 0. The molecule has 2 aromatic rings. The Kier molecular flexibility index (Phi) is 4.50. The van der Waals surface area contributed by atoms with E-state index in [0.717, 1.165) is 29.0 Å². The molecule has 1 fully saturated rings. The molecule has 0 saturated carbocycles. The van der Waals surface area contributed by atoms with Crippen molar-refractivity contribution in [3.8, 4) is 0 Å². The maximum atomic E-state index is 12.4. The number of anilines is 2. The molecule has 2 aliphatic rings. The number of carboxylic acid groups (broad SMARTS) is 1. The highest BCUT2D eigenvalue weighted by atomic mass is 16.4. The summed E-state index contributed by atoms with van der Waals surface area (Å²) in [6, 6.07) is 4.04. The fourth-order valence-corrected chi connectivity index (χ4v) is 3.82. The molecule has 8 nitrogen and oxygen atoms in total. The molecule has 8 heteroatoms. The first kappa shape index (κ1) is 18.4. The molecule has 4 rings (SSSR count). The van der Waals surface area contributed by atoms with E-state index in [9.17, 15) is 14.7 Å². The molecule has 28 heavy (non-hydrogen) atoms. The number of aromatic amines is 1. The Morgan fingerprint density at radius 3 is 2.79 bits per heavy atom. The quantitative estimate of drug-likeness (QED) is 0.805. The molecule has 1 unspecified atom stereocenters. The lowest BCUT2D eigenvalue weighted by Crippen LogP contribution is -2.44. The number of hydrogen-bond donors (Lipinski definition) is 2. The second-order valence-electron chi connectivity index (χ2n) is 7.50. The number of nitrogens with zero attached hydrogens (tertiary/aromatic N) is 4. The fraction of sp³-hybridized carbons (Fsp3) is 0.400. The zero-order chi connectivity index (χ0) is 20.0. The van der Waals surface area contributed by atoms with Gasteiger partial charge in [-0.15, -0.1) is 0 Å². The second-order valence-corrected chi connectivity index (χ2v) is 7.50. The van der Waals surface area contributed by atoms with Crippen LogP contribution in [0.4, 0.5) is 17.2 Å². The number of carboxylic acids is 1. The number of aryl methyl sites for hydroxylation is 2. The van der Waals surface area contributed by atoms with Crippen molar-refractivity contribution < 1.29 is 9.90 Å². The summed E-state index contributed by atoms with van der Waals surface area (Å²) in [4.78, 5) is 39.4. The summed E-state index contributed by atoms with van der Waals surface area (Å²) in [5.41, 5.74) is 3.87. The van der Waals surface area contributed by atoms with Crippen LogP contribution in [0.2, 0.25) is 0 Å². The van der Waals surface area contributed by atoms with Crippen LogP contribution in [0.1, 0.15) is 17.5 Å². The summed E-state index contributed by atoms with van der Waals surface area (Å²) in [6.07, 6.45) is 0.664.